The van der Waals surface area contributed by atoms with Crippen LogP contribution in [0.3, 0.4) is 0 Å². The Morgan fingerprint density at radius 2 is 2.00 bits per heavy atom. The highest BCUT2D eigenvalue weighted by Crippen LogP contribution is 2.21. The first-order chi connectivity index (χ1) is 9.11. The van der Waals surface area contributed by atoms with Crippen molar-refractivity contribution in [3.8, 4) is 11.4 Å². The number of ether oxygens (including phenoxy) is 1. The van der Waals surface area contributed by atoms with E-state index in [2.05, 4.69) is 9.72 Å². The summed E-state index contributed by atoms with van der Waals surface area (Å²) in [5.74, 6) is 0.472. The van der Waals surface area contributed by atoms with Crippen molar-refractivity contribution in [3.63, 3.8) is 0 Å². The third-order valence-electron chi connectivity index (χ3n) is 2.88. The van der Waals surface area contributed by atoms with Crippen LogP contribution in [0, 0.1) is 0 Å². The average Bonchev–Trinajstić information content (AvgIpc) is 2.86. The molecule has 100 valence electrons. The van der Waals surface area contributed by atoms with Crippen molar-refractivity contribution >= 4 is 11.7 Å². The maximum Gasteiger partial charge on any atom is 0.325 e. The molecule has 0 saturated carbocycles. The van der Waals surface area contributed by atoms with Crippen LogP contribution < -0.4 is 4.90 Å². The zero-order valence-corrected chi connectivity index (χ0v) is 11.3. The maximum atomic E-state index is 11.3. The van der Waals surface area contributed by atoms with Gasteiger partial charge >= 0.3 is 5.97 Å². The molecular formula is C14H17N3O2. The van der Waals surface area contributed by atoms with Gasteiger partial charge in [-0.2, -0.15) is 0 Å². The molecule has 0 aliphatic heterocycles. The fourth-order valence-electron chi connectivity index (χ4n) is 1.81. The molecule has 0 amide bonds. The summed E-state index contributed by atoms with van der Waals surface area (Å²) in [7, 11) is 5.37. The standard InChI is InChI=1S/C14H17N3O2/c1-16(2)12-6-4-11(5-7-12)14-15-8-9-17(14)10-13(18)19-3/h4-9H,10H2,1-3H3. The largest absolute Gasteiger partial charge is 0.468 e. The fourth-order valence-corrected chi connectivity index (χ4v) is 1.81. The topological polar surface area (TPSA) is 47.4 Å². The lowest BCUT2D eigenvalue weighted by molar-refractivity contribution is -0.141. The van der Waals surface area contributed by atoms with Crippen molar-refractivity contribution in [1.82, 2.24) is 9.55 Å². The number of carbonyl (C=O) groups is 1. The molecule has 0 spiro atoms. The van der Waals surface area contributed by atoms with Gasteiger partial charge in [-0.3, -0.25) is 4.79 Å². The van der Waals surface area contributed by atoms with Crippen LogP contribution in [-0.4, -0.2) is 36.7 Å². The van der Waals surface area contributed by atoms with Gasteiger partial charge in [-0.25, -0.2) is 4.98 Å². The molecule has 2 aromatic rings. The van der Waals surface area contributed by atoms with E-state index in [9.17, 15) is 4.79 Å². The highest BCUT2D eigenvalue weighted by Gasteiger charge is 2.09. The Morgan fingerprint density at radius 3 is 2.58 bits per heavy atom. The van der Waals surface area contributed by atoms with Gasteiger partial charge in [-0.05, 0) is 24.3 Å². The number of imidazole rings is 1. The molecule has 1 heterocycles. The van der Waals surface area contributed by atoms with Crippen molar-refractivity contribution in [2.45, 2.75) is 6.54 Å². The second kappa shape index (κ2) is 5.56. The van der Waals surface area contributed by atoms with Crippen LogP contribution in [0.4, 0.5) is 5.69 Å². The number of aromatic nitrogens is 2. The number of hydrogen-bond acceptors (Lipinski definition) is 4. The first-order valence-corrected chi connectivity index (χ1v) is 5.97. The van der Waals surface area contributed by atoms with Crippen LogP contribution in [0.15, 0.2) is 36.7 Å². The predicted molar refractivity (Wildman–Crippen MR) is 74.0 cm³/mol. The molecule has 5 heteroatoms. The molecule has 0 bridgehead atoms. The zero-order valence-electron chi connectivity index (χ0n) is 11.3. The van der Waals surface area contributed by atoms with Gasteiger partial charge in [-0.15, -0.1) is 0 Å². The predicted octanol–water partition coefficient (Wildman–Crippen LogP) is 1.79. The van der Waals surface area contributed by atoms with Gasteiger partial charge in [0.15, 0.2) is 0 Å². The number of anilines is 1. The molecule has 1 aromatic heterocycles. The monoisotopic (exact) mass is 259 g/mol. The van der Waals surface area contributed by atoms with E-state index in [1.165, 1.54) is 7.11 Å². The first kappa shape index (κ1) is 13.1. The number of nitrogens with zero attached hydrogens (tertiary/aromatic N) is 3. The molecular weight excluding hydrogens is 242 g/mol. The summed E-state index contributed by atoms with van der Waals surface area (Å²) in [6.07, 6.45) is 3.45. The highest BCUT2D eigenvalue weighted by atomic mass is 16.5. The SMILES string of the molecule is COC(=O)Cn1ccnc1-c1ccc(N(C)C)cc1. The Labute approximate surface area is 112 Å². The van der Waals surface area contributed by atoms with Gasteiger partial charge in [0.2, 0.25) is 0 Å². The molecule has 0 saturated heterocycles. The Morgan fingerprint density at radius 1 is 1.32 bits per heavy atom. The summed E-state index contributed by atoms with van der Waals surface area (Å²) in [6, 6.07) is 8.02. The molecule has 0 fully saturated rings. The smallest absolute Gasteiger partial charge is 0.325 e. The maximum absolute atomic E-state index is 11.3. The van der Waals surface area contributed by atoms with Crippen LogP contribution in [-0.2, 0) is 16.1 Å². The molecule has 1 aromatic carbocycles. The van der Waals surface area contributed by atoms with Crippen molar-refractivity contribution < 1.29 is 9.53 Å². The number of methoxy groups -OCH3 is 1. The van der Waals surface area contributed by atoms with Gasteiger partial charge in [-0.1, -0.05) is 0 Å². The summed E-state index contributed by atoms with van der Waals surface area (Å²) in [5.41, 5.74) is 2.09. The van der Waals surface area contributed by atoms with Crippen LogP contribution in [0.25, 0.3) is 11.4 Å². The lowest BCUT2D eigenvalue weighted by atomic mass is 10.2. The minimum atomic E-state index is -0.288. The lowest BCUT2D eigenvalue weighted by Crippen LogP contribution is -2.12. The minimum absolute atomic E-state index is 0.168. The van der Waals surface area contributed by atoms with Crippen molar-refractivity contribution in [2.75, 3.05) is 26.1 Å². The first-order valence-electron chi connectivity index (χ1n) is 5.97. The molecule has 0 radical (unpaired) electrons. The van der Waals surface area contributed by atoms with E-state index in [-0.39, 0.29) is 12.5 Å². The summed E-state index contributed by atoms with van der Waals surface area (Å²) >= 11 is 0. The third kappa shape index (κ3) is 2.93. The summed E-state index contributed by atoms with van der Waals surface area (Å²) in [6.45, 7) is 0.168. The minimum Gasteiger partial charge on any atom is -0.468 e. The van der Waals surface area contributed by atoms with Crippen molar-refractivity contribution in [1.29, 1.82) is 0 Å². The Balaban J connectivity index is 2.27. The van der Waals surface area contributed by atoms with E-state index in [1.807, 2.05) is 43.3 Å². The molecule has 0 N–H and O–H groups in total. The van der Waals surface area contributed by atoms with Crippen LogP contribution in [0.2, 0.25) is 0 Å². The highest BCUT2D eigenvalue weighted by molar-refractivity contribution is 5.70. The second-order valence-electron chi connectivity index (χ2n) is 4.40. The van der Waals surface area contributed by atoms with E-state index in [0.29, 0.717) is 0 Å². The van der Waals surface area contributed by atoms with E-state index >= 15 is 0 Å². The van der Waals surface area contributed by atoms with Crippen LogP contribution in [0.5, 0.6) is 0 Å². The van der Waals surface area contributed by atoms with Crippen molar-refractivity contribution in [3.05, 3.63) is 36.7 Å². The number of carbonyl (C=O) groups excluding carboxylic acids is 1. The molecule has 0 atom stereocenters. The van der Waals surface area contributed by atoms with Gasteiger partial charge in [0, 0.05) is 37.7 Å². The normalized spacial score (nSPS) is 10.3. The molecule has 19 heavy (non-hydrogen) atoms. The summed E-state index contributed by atoms with van der Waals surface area (Å²) < 4.78 is 6.45. The van der Waals surface area contributed by atoms with Crippen LogP contribution in [0.1, 0.15) is 0 Å². The summed E-state index contributed by atoms with van der Waals surface area (Å²) in [4.78, 5) is 17.7. The van der Waals surface area contributed by atoms with Gasteiger partial charge in [0.1, 0.15) is 12.4 Å². The van der Waals surface area contributed by atoms with Gasteiger partial charge in [0.05, 0.1) is 7.11 Å². The lowest BCUT2D eigenvalue weighted by Gasteiger charge is -2.13. The quantitative estimate of drug-likeness (QED) is 0.785. The molecule has 2 rings (SSSR count). The van der Waals surface area contributed by atoms with E-state index < -0.39 is 0 Å². The summed E-state index contributed by atoms with van der Waals surface area (Å²) in [5, 5.41) is 0. The third-order valence-corrected chi connectivity index (χ3v) is 2.88. The fraction of sp³-hybridized carbons (Fsp3) is 0.286. The molecule has 0 aliphatic rings. The van der Waals surface area contributed by atoms with E-state index in [0.717, 1.165) is 17.1 Å². The van der Waals surface area contributed by atoms with Gasteiger partial charge < -0.3 is 14.2 Å². The Kier molecular flexibility index (Phi) is 3.85. The number of esters is 1. The van der Waals surface area contributed by atoms with E-state index in [1.54, 1.807) is 17.0 Å². The molecule has 5 nitrogen and oxygen atoms in total. The average molecular weight is 259 g/mol. The van der Waals surface area contributed by atoms with Crippen LogP contribution >= 0.6 is 0 Å². The zero-order chi connectivity index (χ0) is 13.8. The number of rotatable bonds is 4. The Hall–Kier alpha value is -2.30. The van der Waals surface area contributed by atoms with E-state index in [4.69, 9.17) is 0 Å². The molecule has 0 aliphatic carbocycles. The second-order valence-corrected chi connectivity index (χ2v) is 4.40. The van der Waals surface area contributed by atoms with Crippen molar-refractivity contribution in [2.24, 2.45) is 0 Å². The Bertz CT molecular complexity index is 558. The molecule has 0 unspecified atom stereocenters. The number of hydrogen-bond donors (Lipinski definition) is 0. The van der Waals surface area contributed by atoms with Gasteiger partial charge in [0.25, 0.3) is 0 Å². The number of benzene rings is 1.